The molecule has 0 aliphatic rings. The van der Waals surface area contributed by atoms with Gasteiger partial charge in [-0.25, -0.2) is 4.39 Å². The molecule has 1 amide bonds. The number of aryl methyl sites for hydroxylation is 1. The van der Waals surface area contributed by atoms with Crippen LogP contribution < -0.4 is 16.8 Å². The molecule has 0 fully saturated rings. The van der Waals surface area contributed by atoms with Gasteiger partial charge in [-0.2, -0.15) is 0 Å². The Morgan fingerprint density at radius 2 is 2.06 bits per heavy atom. The Balaban J connectivity index is 2.83. The average molecular weight is 239 g/mol. The molecule has 0 saturated heterocycles. The fourth-order valence-corrected chi connectivity index (χ4v) is 1.25. The maximum atomic E-state index is 13.2. The van der Waals surface area contributed by atoms with Gasteiger partial charge in [0.25, 0.3) is 0 Å². The third-order valence-corrected chi connectivity index (χ3v) is 2.72. The quantitative estimate of drug-likeness (QED) is 0.699. The second-order valence-corrected chi connectivity index (χ2v) is 4.79. The smallest absolute Gasteiger partial charge is 0.224 e. The number of nitrogens with two attached hydrogens (primary N) is 2. The van der Waals surface area contributed by atoms with E-state index < -0.39 is 11.3 Å². The van der Waals surface area contributed by atoms with E-state index in [4.69, 9.17) is 11.5 Å². The van der Waals surface area contributed by atoms with Crippen LogP contribution in [0.25, 0.3) is 0 Å². The zero-order valence-electron chi connectivity index (χ0n) is 10.3. The molecule has 5 N–H and O–H groups in total. The molecule has 0 unspecified atom stereocenters. The maximum Gasteiger partial charge on any atom is 0.224 e. The van der Waals surface area contributed by atoms with Crippen LogP contribution in [0.5, 0.6) is 0 Å². The van der Waals surface area contributed by atoms with Gasteiger partial charge >= 0.3 is 0 Å². The molecule has 0 heterocycles. The van der Waals surface area contributed by atoms with Crippen LogP contribution in [-0.4, -0.2) is 12.5 Å². The molecule has 4 nitrogen and oxygen atoms in total. The second-order valence-electron chi connectivity index (χ2n) is 4.79. The highest BCUT2D eigenvalue weighted by Crippen LogP contribution is 2.24. The molecule has 1 aromatic carbocycles. The van der Waals surface area contributed by atoms with Crippen LogP contribution in [0.2, 0.25) is 0 Å². The van der Waals surface area contributed by atoms with E-state index in [1.54, 1.807) is 26.8 Å². The van der Waals surface area contributed by atoms with Gasteiger partial charge in [-0.05, 0) is 38.5 Å². The van der Waals surface area contributed by atoms with Crippen molar-refractivity contribution in [2.24, 2.45) is 11.1 Å². The molecule has 1 rings (SSSR count). The van der Waals surface area contributed by atoms with Gasteiger partial charge in [0, 0.05) is 6.54 Å². The Kier molecular flexibility index (Phi) is 3.60. The van der Waals surface area contributed by atoms with Gasteiger partial charge in [-0.1, -0.05) is 0 Å². The molecule has 0 atom stereocenters. The molecular formula is C12H18FN3O. The van der Waals surface area contributed by atoms with Crippen molar-refractivity contribution < 1.29 is 9.18 Å². The normalized spacial score (nSPS) is 11.3. The minimum absolute atomic E-state index is 0.313. The summed E-state index contributed by atoms with van der Waals surface area (Å²) < 4.78 is 13.2. The first-order valence-corrected chi connectivity index (χ1v) is 5.33. The Morgan fingerprint density at radius 3 is 2.59 bits per heavy atom. The van der Waals surface area contributed by atoms with Crippen LogP contribution in [0, 0.1) is 18.2 Å². The van der Waals surface area contributed by atoms with Gasteiger partial charge in [-0.3, -0.25) is 4.79 Å². The molecule has 94 valence electrons. The lowest BCUT2D eigenvalue weighted by Crippen LogP contribution is -2.37. The first-order valence-electron chi connectivity index (χ1n) is 5.33. The Morgan fingerprint density at radius 1 is 1.47 bits per heavy atom. The Bertz CT molecular complexity index is 444. The molecule has 1 aromatic rings. The van der Waals surface area contributed by atoms with E-state index in [1.165, 1.54) is 6.07 Å². The zero-order chi connectivity index (χ0) is 13.2. The van der Waals surface area contributed by atoms with Crippen molar-refractivity contribution in [3.8, 4) is 0 Å². The van der Waals surface area contributed by atoms with E-state index >= 15 is 0 Å². The van der Waals surface area contributed by atoms with Gasteiger partial charge in [0.15, 0.2) is 0 Å². The number of hydrogen-bond donors (Lipinski definition) is 3. The summed E-state index contributed by atoms with van der Waals surface area (Å²) in [5, 5.41) is 3.01. The van der Waals surface area contributed by atoms with E-state index in [1.807, 2.05) is 0 Å². The van der Waals surface area contributed by atoms with Crippen molar-refractivity contribution in [2.75, 3.05) is 17.6 Å². The number of halogens is 1. The summed E-state index contributed by atoms with van der Waals surface area (Å²) in [6, 6.07) is 2.87. The number of hydrogen-bond acceptors (Lipinski definition) is 3. The van der Waals surface area contributed by atoms with Crippen LogP contribution in [0.4, 0.5) is 15.8 Å². The van der Waals surface area contributed by atoms with E-state index in [2.05, 4.69) is 5.32 Å². The first-order chi connectivity index (χ1) is 7.74. The monoisotopic (exact) mass is 239 g/mol. The Labute approximate surface area is 100 Å². The molecule has 5 heteroatoms. The number of nitrogen functional groups attached to an aromatic ring is 1. The lowest BCUT2D eigenvalue weighted by atomic mass is 9.92. The summed E-state index contributed by atoms with van der Waals surface area (Å²) in [6.45, 7) is 5.46. The summed E-state index contributed by atoms with van der Waals surface area (Å²) in [5.74, 6) is -0.746. The number of carbonyl (C=O) groups excluding carboxylic acids is 1. The third-order valence-electron chi connectivity index (χ3n) is 2.72. The predicted molar refractivity (Wildman–Crippen MR) is 67.0 cm³/mol. The fraction of sp³-hybridized carbons (Fsp3) is 0.417. The maximum absolute atomic E-state index is 13.2. The summed E-state index contributed by atoms with van der Waals surface area (Å²) in [4.78, 5) is 11.1. The molecule has 0 aliphatic carbocycles. The number of rotatable bonds is 4. The minimum atomic E-state index is -0.686. The summed E-state index contributed by atoms with van der Waals surface area (Å²) in [5.41, 5.74) is 11.7. The summed E-state index contributed by atoms with van der Waals surface area (Å²) in [6.07, 6.45) is 0. The van der Waals surface area contributed by atoms with E-state index in [0.717, 1.165) is 0 Å². The number of carbonyl (C=O) groups is 1. The minimum Gasteiger partial charge on any atom is -0.397 e. The summed E-state index contributed by atoms with van der Waals surface area (Å²) in [7, 11) is 0. The van der Waals surface area contributed by atoms with Gasteiger partial charge in [0.1, 0.15) is 5.82 Å². The molecular weight excluding hydrogens is 221 g/mol. The standard InChI is InChI=1S/C12H18FN3O/c1-7-4-10(9(14)5-8(7)13)16-6-12(2,3)11(15)17/h4-5,16H,6,14H2,1-3H3,(H2,15,17). The van der Waals surface area contributed by atoms with Gasteiger partial charge in [-0.15, -0.1) is 0 Å². The van der Waals surface area contributed by atoms with Gasteiger partial charge < -0.3 is 16.8 Å². The van der Waals surface area contributed by atoms with Crippen LogP contribution in [0.15, 0.2) is 12.1 Å². The fourth-order valence-electron chi connectivity index (χ4n) is 1.25. The van der Waals surface area contributed by atoms with Crippen LogP contribution in [0.3, 0.4) is 0 Å². The number of anilines is 2. The molecule has 17 heavy (non-hydrogen) atoms. The highest BCUT2D eigenvalue weighted by molar-refractivity contribution is 5.81. The van der Waals surface area contributed by atoms with Gasteiger partial charge in [0.2, 0.25) is 5.91 Å². The highest BCUT2D eigenvalue weighted by atomic mass is 19.1. The zero-order valence-corrected chi connectivity index (χ0v) is 10.3. The van der Waals surface area contributed by atoms with E-state index in [0.29, 0.717) is 23.5 Å². The lowest BCUT2D eigenvalue weighted by molar-refractivity contribution is -0.125. The van der Waals surface area contributed by atoms with Crippen molar-refractivity contribution >= 4 is 17.3 Å². The van der Waals surface area contributed by atoms with Crippen molar-refractivity contribution in [1.82, 2.24) is 0 Å². The predicted octanol–water partition coefficient (Wildman–Crippen LogP) is 1.64. The van der Waals surface area contributed by atoms with Gasteiger partial charge in [0.05, 0.1) is 16.8 Å². The third kappa shape index (κ3) is 3.09. The van der Waals surface area contributed by atoms with Crippen molar-refractivity contribution in [1.29, 1.82) is 0 Å². The number of primary amides is 1. The van der Waals surface area contributed by atoms with Crippen LogP contribution >= 0.6 is 0 Å². The van der Waals surface area contributed by atoms with Crippen molar-refractivity contribution in [2.45, 2.75) is 20.8 Å². The summed E-state index contributed by atoms with van der Waals surface area (Å²) >= 11 is 0. The molecule has 0 bridgehead atoms. The number of amides is 1. The first kappa shape index (κ1) is 13.3. The highest BCUT2D eigenvalue weighted by Gasteiger charge is 2.24. The van der Waals surface area contributed by atoms with Crippen molar-refractivity contribution in [3.63, 3.8) is 0 Å². The van der Waals surface area contributed by atoms with Crippen molar-refractivity contribution in [3.05, 3.63) is 23.5 Å². The SMILES string of the molecule is Cc1cc(NCC(C)(C)C(N)=O)c(N)cc1F. The topological polar surface area (TPSA) is 81.1 Å². The molecule has 0 spiro atoms. The molecule has 0 saturated carbocycles. The average Bonchev–Trinajstić information content (AvgIpc) is 2.21. The van der Waals surface area contributed by atoms with E-state index in [9.17, 15) is 9.18 Å². The molecule has 0 aromatic heterocycles. The second kappa shape index (κ2) is 4.61. The van der Waals surface area contributed by atoms with Crippen LogP contribution in [0.1, 0.15) is 19.4 Å². The number of benzene rings is 1. The largest absolute Gasteiger partial charge is 0.397 e. The lowest BCUT2D eigenvalue weighted by Gasteiger charge is -2.22. The molecule has 0 aliphatic heterocycles. The van der Waals surface area contributed by atoms with E-state index in [-0.39, 0.29) is 5.82 Å². The number of nitrogens with one attached hydrogen (secondary N) is 1. The molecule has 0 radical (unpaired) electrons. The van der Waals surface area contributed by atoms with Crippen LogP contribution in [-0.2, 0) is 4.79 Å². The Hall–Kier alpha value is -1.78.